The first kappa shape index (κ1) is 23.0. The molecule has 1 heterocycles. The summed E-state index contributed by atoms with van der Waals surface area (Å²) in [7, 11) is -3.81. The molecule has 6 rings (SSSR count). The summed E-state index contributed by atoms with van der Waals surface area (Å²) >= 11 is 5.28. The number of thiocarbonyl (C=S) groups is 1. The quantitative estimate of drug-likeness (QED) is 0.352. The molecule has 4 aliphatic carbocycles. The largest absolute Gasteiger partial charge is 0.331 e. The summed E-state index contributed by atoms with van der Waals surface area (Å²) in [6.07, 6.45) is 11.0. The van der Waals surface area contributed by atoms with Crippen LogP contribution in [0.3, 0.4) is 0 Å². The van der Waals surface area contributed by atoms with E-state index in [0.717, 1.165) is 17.8 Å². The van der Waals surface area contributed by atoms with Crippen LogP contribution in [0.15, 0.2) is 47.6 Å². The van der Waals surface area contributed by atoms with Crippen molar-refractivity contribution in [2.45, 2.75) is 49.8 Å². The minimum Gasteiger partial charge on any atom is -0.331 e. The number of benzene rings is 1. The fourth-order valence-electron chi connectivity index (χ4n) is 6.43. The van der Waals surface area contributed by atoms with Crippen LogP contribution in [0.4, 0.5) is 11.6 Å². The van der Waals surface area contributed by atoms with Crippen molar-refractivity contribution in [3.05, 3.63) is 42.7 Å². The molecule has 4 N–H and O–H groups in total. The Kier molecular flexibility index (Phi) is 6.15. The lowest BCUT2D eigenvalue weighted by molar-refractivity contribution is -0.129. The van der Waals surface area contributed by atoms with Crippen molar-refractivity contribution in [1.29, 1.82) is 0 Å². The molecule has 9 nitrogen and oxygen atoms in total. The maximum absolute atomic E-state index is 12.6. The van der Waals surface area contributed by atoms with E-state index in [1.165, 1.54) is 63.1 Å². The molecule has 2 aromatic rings. The molecule has 0 spiro atoms. The van der Waals surface area contributed by atoms with E-state index in [2.05, 4.69) is 30.9 Å². The Labute approximate surface area is 204 Å². The molecule has 1 amide bonds. The fraction of sp³-hybridized carbons (Fsp3) is 0.478. The molecule has 4 fully saturated rings. The SMILES string of the molecule is O=C(CC12CC3CC(CC(C3)C1)C2)NNC(=S)Nc1ccc(S(=O)(=O)Nc2ncccn2)cc1. The second kappa shape index (κ2) is 9.10. The van der Waals surface area contributed by atoms with Crippen LogP contribution in [0.1, 0.15) is 44.9 Å². The molecule has 4 saturated carbocycles. The Hall–Kier alpha value is -2.79. The number of carbonyl (C=O) groups is 1. The van der Waals surface area contributed by atoms with E-state index in [-0.39, 0.29) is 27.3 Å². The van der Waals surface area contributed by atoms with Crippen molar-refractivity contribution in [2.24, 2.45) is 23.2 Å². The van der Waals surface area contributed by atoms with Gasteiger partial charge in [-0.3, -0.25) is 15.6 Å². The molecular formula is C23H28N6O3S2. The summed E-state index contributed by atoms with van der Waals surface area (Å²) in [5, 5.41) is 3.18. The first-order chi connectivity index (χ1) is 16.3. The van der Waals surface area contributed by atoms with Gasteiger partial charge in [-0.15, -0.1) is 0 Å². The molecule has 4 bridgehead atoms. The van der Waals surface area contributed by atoms with Gasteiger partial charge in [0.25, 0.3) is 10.0 Å². The van der Waals surface area contributed by atoms with E-state index in [4.69, 9.17) is 12.2 Å². The number of anilines is 2. The number of nitrogens with one attached hydrogen (secondary N) is 4. The smallest absolute Gasteiger partial charge is 0.264 e. The number of nitrogens with zero attached hydrogens (tertiary/aromatic N) is 2. The van der Waals surface area contributed by atoms with Gasteiger partial charge in [0, 0.05) is 24.5 Å². The lowest BCUT2D eigenvalue weighted by atomic mass is 9.49. The predicted molar refractivity (Wildman–Crippen MR) is 132 cm³/mol. The van der Waals surface area contributed by atoms with E-state index >= 15 is 0 Å². The second-order valence-corrected chi connectivity index (χ2v) is 12.0. The molecule has 4 aliphatic rings. The summed E-state index contributed by atoms with van der Waals surface area (Å²) < 4.78 is 27.3. The summed E-state index contributed by atoms with van der Waals surface area (Å²) in [6, 6.07) is 7.67. The minimum absolute atomic E-state index is 0.000588. The Morgan fingerprint density at radius 2 is 1.56 bits per heavy atom. The van der Waals surface area contributed by atoms with Gasteiger partial charge in [-0.1, -0.05) is 0 Å². The average molecular weight is 501 g/mol. The molecule has 0 unspecified atom stereocenters. The average Bonchev–Trinajstić information content (AvgIpc) is 2.77. The van der Waals surface area contributed by atoms with Gasteiger partial charge in [0.05, 0.1) is 4.90 Å². The zero-order valence-corrected chi connectivity index (χ0v) is 20.3. The molecule has 34 heavy (non-hydrogen) atoms. The standard InChI is InChI=1S/C23H28N6O3S2/c30-20(14-23-11-15-8-16(12-23)10-17(9-15)13-23)27-28-22(33)26-18-2-4-19(5-3-18)34(31,32)29-21-24-6-1-7-25-21/h1-7,15-17H,8-14H2,(H,27,30)(H,24,25,29)(H2,26,28,33). The van der Waals surface area contributed by atoms with Gasteiger partial charge in [-0.2, -0.15) is 0 Å². The van der Waals surface area contributed by atoms with Gasteiger partial charge in [0.1, 0.15) is 0 Å². The Bertz CT molecular complexity index is 1140. The van der Waals surface area contributed by atoms with Gasteiger partial charge in [0.2, 0.25) is 11.9 Å². The zero-order chi connectivity index (χ0) is 23.8. The first-order valence-corrected chi connectivity index (χ1v) is 13.4. The van der Waals surface area contributed by atoms with Crippen LogP contribution in [0.2, 0.25) is 0 Å². The number of hydrogen-bond donors (Lipinski definition) is 4. The zero-order valence-electron chi connectivity index (χ0n) is 18.7. The molecule has 1 aromatic carbocycles. The van der Waals surface area contributed by atoms with E-state index in [9.17, 15) is 13.2 Å². The molecule has 0 aliphatic heterocycles. The molecule has 180 valence electrons. The summed E-state index contributed by atoms with van der Waals surface area (Å²) in [6.45, 7) is 0. The van der Waals surface area contributed by atoms with Gasteiger partial charge in [-0.05, 0) is 104 Å². The Morgan fingerprint density at radius 1 is 0.971 bits per heavy atom. The first-order valence-electron chi connectivity index (χ1n) is 11.5. The van der Waals surface area contributed by atoms with Crippen molar-refractivity contribution >= 4 is 44.9 Å². The molecule has 0 atom stereocenters. The third kappa shape index (κ3) is 5.15. The fourth-order valence-corrected chi connectivity index (χ4v) is 7.56. The molecular weight excluding hydrogens is 472 g/mol. The highest BCUT2D eigenvalue weighted by molar-refractivity contribution is 7.92. The summed E-state index contributed by atoms with van der Waals surface area (Å²) in [5.74, 6) is 2.37. The number of amides is 1. The molecule has 11 heteroatoms. The predicted octanol–water partition coefficient (Wildman–Crippen LogP) is 3.20. The lowest BCUT2D eigenvalue weighted by Crippen LogP contribution is -2.50. The van der Waals surface area contributed by atoms with Crippen LogP contribution in [0, 0.1) is 23.2 Å². The normalized spacial score (nSPS) is 27.1. The maximum Gasteiger partial charge on any atom is 0.264 e. The van der Waals surface area contributed by atoms with Crippen LogP contribution >= 0.6 is 12.2 Å². The molecule has 0 radical (unpaired) electrons. The maximum atomic E-state index is 12.6. The van der Waals surface area contributed by atoms with Gasteiger partial charge < -0.3 is 5.32 Å². The van der Waals surface area contributed by atoms with Gasteiger partial charge in [-0.25, -0.2) is 23.1 Å². The number of hydrogen-bond acceptors (Lipinski definition) is 6. The number of rotatable bonds is 6. The van der Waals surface area contributed by atoms with Crippen LogP contribution in [-0.2, 0) is 14.8 Å². The Morgan fingerprint density at radius 3 is 2.15 bits per heavy atom. The van der Waals surface area contributed by atoms with E-state index < -0.39 is 10.0 Å². The van der Waals surface area contributed by atoms with Crippen LogP contribution in [-0.4, -0.2) is 29.4 Å². The van der Waals surface area contributed by atoms with Crippen LogP contribution in [0.25, 0.3) is 0 Å². The van der Waals surface area contributed by atoms with Crippen molar-refractivity contribution in [2.75, 3.05) is 10.0 Å². The van der Waals surface area contributed by atoms with E-state index in [1.807, 2.05) is 0 Å². The van der Waals surface area contributed by atoms with Crippen LogP contribution in [0.5, 0.6) is 0 Å². The third-order valence-electron chi connectivity index (χ3n) is 7.23. The molecule has 1 aromatic heterocycles. The van der Waals surface area contributed by atoms with E-state index in [1.54, 1.807) is 18.2 Å². The topological polar surface area (TPSA) is 125 Å². The van der Waals surface area contributed by atoms with E-state index in [0.29, 0.717) is 12.1 Å². The third-order valence-corrected chi connectivity index (χ3v) is 8.78. The lowest BCUT2D eigenvalue weighted by Gasteiger charge is -2.56. The molecule has 0 saturated heterocycles. The second-order valence-electron chi connectivity index (χ2n) is 9.92. The summed E-state index contributed by atoms with van der Waals surface area (Å²) in [5.41, 5.74) is 6.24. The number of sulfonamides is 1. The Balaban J connectivity index is 1.11. The summed E-state index contributed by atoms with van der Waals surface area (Å²) in [4.78, 5) is 20.4. The van der Waals surface area contributed by atoms with Crippen molar-refractivity contribution < 1.29 is 13.2 Å². The highest BCUT2D eigenvalue weighted by Crippen LogP contribution is 2.61. The number of aromatic nitrogens is 2. The van der Waals surface area contributed by atoms with Crippen molar-refractivity contribution in [1.82, 2.24) is 20.8 Å². The number of carbonyl (C=O) groups excluding carboxylic acids is 1. The van der Waals surface area contributed by atoms with Crippen molar-refractivity contribution in [3.8, 4) is 0 Å². The van der Waals surface area contributed by atoms with Crippen LogP contribution < -0.4 is 20.9 Å². The van der Waals surface area contributed by atoms with Crippen molar-refractivity contribution in [3.63, 3.8) is 0 Å². The highest BCUT2D eigenvalue weighted by Gasteiger charge is 2.51. The van der Waals surface area contributed by atoms with Gasteiger partial charge >= 0.3 is 0 Å². The number of hydrazine groups is 1. The monoisotopic (exact) mass is 500 g/mol. The van der Waals surface area contributed by atoms with Gasteiger partial charge in [0.15, 0.2) is 5.11 Å². The highest BCUT2D eigenvalue weighted by atomic mass is 32.2. The minimum atomic E-state index is -3.81.